The van der Waals surface area contributed by atoms with Crippen LogP contribution in [0, 0.1) is 12.7 Å². The molecule has 7 heteroatoms. The molecule has 0 bridgehead atoms. The number of anilines is 2. The molecule has 2 amide bonds. The van der Waals surface area contributed by atoms with E-state index in [1.54, 1.807) is 12.3 Å². The molecule has 0 unspecified atom stereocenters. The Labute approximate surface area is 138 Å². The highest BCUT2D eigenvalue weighted by atomic mass is 35.5. The minimum Gasteiger partial charge on any atom is -0.360 e. The third kappa shape index (κ3) is 3.12. The van der Waals surface area contributed by atoms with Crippen LogP contribution in [0.25, 0.3) is 11.6 Å². The summed E-state index contributed by atoms with van der Waals surface area (Å²) in [6.07, 6.45) is 3.31. The van der Waals surface area contributed by atoms with Crippen LogP contribution in [0.15, 0.2) is 24.4 Å². The Morgan fingerprint density at radius 1 is 1.35 bits per heavy atom. The number of benzene rings is 1. The van der Waals surface area contributed by atoms with Crippen molar-refractivity contribution in [2.75, 3.05) is 10.6 Å². The summed E-state index contributed by atoms with van der Waals surface area (Å²) in [5, 5.41) is 5.39. The number of aromatic nitrogens is 1. The number of aromatic amines is 1. The van der Waals surface area contributed by atoms with Gasteiger partial charge in [0.05, 0.1) is 11.3 Å². The Morgan fingerprint density at radius 2 is 2.09 bits per heavy atom. The van der Waals surface area contributed by atoms with Gasteiger partial charge >= 0.3 is 0 Å². The van der Waals surface area contributed by atoms with Crippen molar-refractivity contribution in [3.05, 3.63) is 47.0 Å². The average molecular weight is 336 g/mol. The van der Waals surface area contributed by atoms with E-state index in [4.69, 9.17) is 0 Å². The lowest BCUT2D eigenvalue weighted by molar-refractivity contribution is -0.114. The van der Waals surface area contributed by atoms with Gasteiger partial charge in [-0.1, -0.05) is 0 Å². The molecule has 1 aliphatic heterocycles. The number of halogens is 2. The summed E-state index contributed by atoms with van der Waals surface area (Å²) in [7, 11) is 0. The maximum absolute atomic E-state index is 13.4. The monoisotopic (exact) mass is 335 g/mol. The number of fused-ring (bicyclic) bond motifs is 1. The molecule has 0 radical (unpaired) electrons. The van der Waals surface area contributed by atoms with E-state index >= 15 is 0 Å². The van der Waals surface area contributed by atoms with E-state index in [9.17, 15) is 14.0 Å². The molecule has 0 aliphatic carbocycles. The second kappa shape index (κ2) is 6.26. The van der Waals surface area contributed by atoms with E-state index in [2.05, 4.69) is 15.6 Å². The molecule has 2 aromatic rings. The van der Waals surface area contributed by atoms with Gasteiger partial charge in [0.25, 0.3) is 5.91 Å². The molecule has 120 valence electrons. The molecule has 0 atom stereocenters. The lowest BCUT2D eigenvalue weighted by Crippen LogP contribution is -2.05. The minimum atomic E-state index is -0.400. The summed E-state index contributed by atoms with van der Waals surface area (Å²) < 4.78 is 13.4. The van der Waals surface area contributed by atoms with Crippen molar-refractivity contribution in [1.29, 1.82) is 0 Å². The minimum absolute atomic E-state index is 0. The standard InChI is InChI=1S/C16H14FN3O2.ClH/c1-8-14(18-7-15(8)19-9(2)21)6-12-11-5-10(17)3-4-13(11)20-16(12)22;/h3-7,18H,1-2H3,(H,19,21)(H,20,22);1H. The predicted molar refractivity (Wildman–Crippen MR) is 90.0 cm³/mol. The number of hydrogen-bond acceptors (Lipinski definition) is 2. The van der Waals surface area contributed by atoms with Gasteiger partial charge in [-0.3, -0.25) is 9.59 Å². The molecule has 1 aliphatic rings. The highest BCUT2D eigenvalue weighted by molar-refractivity contribution is 6.34. The number of rotatable bonds is 2. The van der Waals surface area contributed by atoms with Crippen molar-refractivity contribution in [1.82, 2.24) is 4.98 Å². The van der Waals surface area contributed by atoms with Gasteiger partial charge in [0.15, 0.2) is 0 Å². The van der Waals surface area contributed by atoms with Gasteiger partial charge in [0, 0.05) is 30.1 Å². The van der Waals surface area contributed by atoms with Crippen molar-refractivity contribution in [2.24, 2.45) is 0 Å². The van der Waals surface area contributed by atoms with Gasteiger partial charge in [-0.05, 0) is 36.8 Å². The predicted octanol–water partition coefficient (Wildman–Crippen LogP) is 3.34. The maximum Gasteiger partial charge on any atom is 0.256 e. The fraction of sp³-hybridized carbons (Fsp3) is 0.125. The first-order valence-corrected chi connectivity index (χ1v) is 6.74. The summed E-state index contributed by atoms with van der Waals surface area (Å²) >= 11 is 0. The molecule has 0 saturated carbocycles. The molecular formula is C16H15ClFN3O2. The number of amides is 2. The number of nitrogens with one attached hydrogen (secondary N) is 3. The van der Waals surface area contributed by atoms with Crippen LogP contribution in [-0.4, -0.2) is 16.8 Å². The lowest BCUT2D eigenvalue weighted by atomic mass is 10.0. The van der Waals surface area contributed by atoms with Crippen molar-refractivity contribution in [2.45, 2.75) is 13.8 Å². The Bertz CT molecular complexity index is 827. The smallest absolute Gasteiger partial charge is 0.256 e. The van der Waals surface area contributed by atoms with Crippen molar-refractivity contribution in [3.63, 3.8) is 0 Å². The van der Waals surface area contributed by atoms with Gasteiger partial charge in [-0.25, -0.2) is 4.39 Å². The second-order valence-electron chi connectivity index (χ2n) is 5.12. The van der Waals surface area contributed by atoms with Crippen molar-refractivity contribution < 1.29 is 14.0 Å². The third-order valence-corrected chi connectivity index (χ3v) is 3.54. The maximum atomic E-state index is 13.4. The fourth-order valence-corrected chi connectivity index (χ4v) is 2.43. The van der Waals surface area contributed by atoms with E-state index in [0.29, 0.717) is 28.2 Å². The summed E-state index contributed by atoms with van der Waals surface area (Å²) in [6, 6.07) is 4.16. The van der Waals surface area contributed by atoms with Crippen LogP contribution in [0.1, 0.15) is 23.7 Å². The second-order valence-corrected chi connectivity index (χ2v) is 5.12. The summed E-state index contributed by atoms with van der Waals surface area (Å²) in [4.78, 5) is 26.2. The molecule has 5 nitrogen and oxygen atoms in total. The molecule has 2 heterocycles. The van der Waals surface area contributed by atoms with Gasteiger partial charge in [-0.15, -0.1) is 12.4 Å². The Balaban J connectivity index is 0.00000192. The Hall–Kier alpha value is -2.60. The van der Waals surface area contributed by atoms with Crippen LogP contribution in [0.5, 0.6) is 0 Å². The normalized spacial score (nSPS) is 14.2. The summed E-state index contributed by atoms with van der Waals surface area (Å²) in [5.41, 5.74) is 3.64. The molecule has 1 aromatic carbocycles. The zero-order valence-corrected chi connectivity index (χ0v) is 13.3. The molecule has 0 fully saturated rings. The highest BCUT2D eigenvalue weighted by Crippen LogP contribution is 2.34. The van der Waals surface area contributed by atoms with Gasteiger partial charge in [-0.2, -0.15) is 0 Å². The van der Waals surface area contributed by atoms with Crippen molar-refractivity contribution >= 4 is 47.2 Å². The van der Waals surface area contributed by atoms with Gasteiger partial charge in [0.1, 0.15) is 5.82 Å². The topological polar surface area (TPSA) is 74.0 Å². The molecule has 3 N–H and O–H groups in total. The van der Waals surface area contributed by atoms with E-state index in [1.165, 1.54) is 25.1 Å². The Morgan fingerprint density at radius 3 is 2.78 bits per heavy atom. The lowest BCUT2D eigenvalue weighted by Gasteiger charge is -2.01. The summed E-state index contributed by atoms with van der Waals surface area (Å²) in [6.45, 7) is 3.25. The quantitative estimate of drug-likeness (QED) is 0.736. The number of H-pyrrole nitrogens is 1. The first-order valence-electron chi connectivity index (χ1n) is 6.74. The van der Waals surface area contributed by atoms with Crippen LogP contribution in [0.2, 0.25) is 0 Å². The zero-order chi connectivity index (χ0) is 15.9. The fourth-order valence-electron chi connectivity index (χ4n) is 2.43. The van der Waals surface area contributed by atoms with Crippen LogP contribution in [0.3, 0.4) is 0 Å². The summed E-state index contributed by atoms with van der Waals surface area (Å²) in [5.74, 6) is -0.855. The van der Waals surface area contributed by atoms with E-state index in [1.807, 2.05) is 6.92 Å². The van der Waals surface area contributed by atoms with Crippen LogP contribution in [0.4, 0.5) is 15.8 Å². The van der Waals surface area contributed by atoms with Crippen molar-refractivity contribution in [3.8, 4) is 0 Å². The molecule has 23 heavy (non-hydrogen) atoms. The molecule has 1 aromatic heterocycles. The van der Waals surface area contributed by atoms with Crippen LogP contribution < -0.4 is 10.6 Å². The van der Waals surface area contributed by atoms with Crippen LogP contribution >= 0.6 is 12.4 Å². The third-order valence-electron chi connectivity index (χ3n) is 3.54. The SMILES string of the molecule is CC(=O)Nc1c[nH]c(C=C2C(=O)Nc3ccc(F)cc32)c1C.Cl. The molecule has 3 rings (SSSR count). The highest BCUT2D eigenvalue weighted by Gasteiger charge is 2.25. The largest absolute Gasteiger partial charge is 0.360 e. The van der Waals surface area contributed by atoms with Crippen LogP contribution in [-0.2, 0) is 9.59 Å². The average Bonchev–Trinajstić information content (AvgIpc) is 2.93. The Kier molecular flexibility index (Phi) is 4.56. The first-order chi connectivity index (χ1) is 10.5. The van der Waals surface area contributed by atoms with E-state index in [-0.39, 0.29) is 24.2 Å². The number of carbonyl (C=O) groups excluding carboxylic acids is 2. The number of hydrogen-bond donors (Lipinski definition) is 3. The molecule has 0 saturated heterocycles. The zero-order valence-electron chi connectivity index (χ0n) is 12.5. The number of carbonyl (C=O) groups is 2. The van der Waals surface area contributed by atoms with E-state index < -0.39 is 5.82 Å². The molecular weight excluding hydrogens is 321 g/mol. The van der Waals surface area contributed by atoms with Gasteiger partial charge < -0.3 is 15.6 Å². The van der Waals surface area contributed by atoms with Gasteiger partial charge in [0.2, 0.25) is 5.91 Å². The first kappa shape index (κ1) is 16.8. The molecule has 0 spiro atoms. The van der Waals surface area contributed by atoms with E-state index in [0.717, 1.165) is 5.56 Å².